The van der Waals surface area contributed by atoms with Gasteiger partial charge in [0, 0.05) is 26.2 Å². The number of nitrogens with zero attached hydrogens (tertiary/aromatic N) is 1. The molecule has 4 aliphatic carbocycles. The number of rotatable bonds is 2. The van der Waals surface area contributed by atoms with Crippen molar-refractivity contribution in [3.8, 4) is 0 Å². The Kier molecular flexibility index (Phi) is 1.93. The van der Waals surface area contributed by atoms with Gasteiger partial charge in [0.05, 0.1) is 10.8 Å². The van der Waals surface area contributed by atoms with Gasteiger partial charge in [-0.2, -0.15) is 0 Å². The second-order valence-corrected chi connectivity index (χ2v) is 25.1. The molecule has 5 aliphatic rings. The summed E-state index contributed by atoms with van der Waals surface area (Å²) in [5, 5.41) is 90.8. The van der Waals surface area contributed by atoms with Gasteiger partial charge in [-0.3, -0.25) is 4.90 Å². The van der Waals surface area contributed by atoms with E-state index < -0.39 is 0 Å². The summed E-state index contributed by atoms with van der Waals surface area (Å²) in [4.78, 5) is 2.92. The van der Waals surface area contributed by atoms with Crippen LogP contribution in [-0.4, -0.2) is 31.1 Å². The quantitative estimate of drug-likeness (QED) is 0.176. The molecule has 0 saturated carbocycles. The zero-order chi connectivity index (χ0) is 38.9. The van der Waals surface area contributed by atoms with Crippen molar-refractivity contribution in [1.82, 2.24) is 4.90 Å². The zero-order valence-electron chi connectivity index (χ0n) is 33.9. The molecule has 0 unspecified atom stereocenters. The first kappa shape index (κ1) is 24.1. The molecule has 2 N–H and O–H groups in total. The summed E-state index contributed by atoms with van der Waals surface area (Å²) >= 11 is 0. The van der Waals surface area contributed by atoms with Crippen molar-refractivity contribution in [3.63, 3.8) is 0 Å². The standard InChI is InChI=1S/C64H10N2/c65-1-2-66-3-63-59-51-43-33-23-15-7-5-6-9-13-11(7)19-27-21(13)31-25-17(9)18-10(6)14-12-8(5)16(15)24-30-20(12)28-22(14)32-26(18)36-35(25)45-39(31)49-41(27)47(37(43)29(19)23)55(59)57(49)61-53(45)54-46(36)40(32)50-42(28)48-38(30)44(34(24)33)52(51)60(63)56(48)58(50)62(54)64(61,63)4-66/h1-4,65H2. The van der Waals surface area contributed by atoms with E-state index in [0.29, 0.717) is 6.54 Å². The number of hydrogen-bond donors (Lipinski definition) is 1. The molecule has 2 spiro atoms. The van der Waals surface area contributed by atoms with Gasteiger partial charge in [0.2, 0.25) is 0 Å². The fraction of sp³-hybridized carbons (Fsp3) is 0.0938. The molecule has 33 rings (SSSR count). The summed E-state index contributed by atoms with van der Waals surface area (Å²) in [5.41, 5.74) is 13.6. The van der Waals surface area contributed by atoms with E-state index in [1.54, 1.807) is 313 Å². The molecule has 0 radical (unpaired) electrons. The Morgan fingerprint density at radius 2 is 0.333 bits per heavy atom. The monoisotopic (exact) mass is 806 g/mol. The highest BCUT2D eigenvalue weighted by molar-refractivity contribution is 6.82. The largest absolute Gasteiger partial charge is 0.329 e. The van der Waals surface area contributed by atoms with Crippen LogP contribution in [0, 0.1) is 0 Å². The number of hydrogen-bond acceptors (Lipinski definition) is 2. The van der Waals surface area contributed by atoms with Crippen molar-refractivity contribution >= 4 is 291 Å². The molecule has 0 amide bonds. The third-order valence-electron chi connectivity index (χ3n) is 25.1. The lowest BCUT2D eigenvalue weighted by molar-refractivity contribution is 0.330. The van der Waals surface area contributed by atoms with Crippen LogP contribution >= 0.6 is 0 Å². The molecule has 1 heterocycles. The van der Waals surface area contributed by atoms with Crippen molar-refractivity contribution in [2.45, 2.75) is 10.8 Å². The van der Waals surface area contributed by atoms with Gasteiger partial charge in [0.1, 0.15) is 0 Å². The predicted molar refractivity (Wildman–Crippen MR) is 279 cm³/mol. The first-order chi connectivity index (χ1) is 32.9. The van der Waals surface area contributed by atoms with Crippen LogP contribution in [0.5, 0.6) is 0 Å². The van der Waals surface area contributed by atoms with Crippen LogP contribution in [0.2, 0.25) is 0 Å². The summed E-state index contributed by atoms with van der Waals surface area (Å²) in [5.74, 6) is 0. The molecule has 1 fully saturated rings. The number of nitrogens with two attached hydrogens (primary N) is 1. The molecule has 28 aromatic carbocycles. The summed E-state index contributed by atoms with van der Waals surface area (Å²) in [6, 6.07) is 0. The maximum absolute atomic E-state index is 6.78. The molecule has 0 bridgehead atoms. The van der Waals surface area contributed by atoms with Gasteiger partial charge in [-0.05, 0) is 313 Å². The molecule has 1 saturated heterocycles. The van der Waals surface area contributed by atoms with Crippen LogP contribution in [0.3, 0.4) is 0 Å². The van der Waals surface area contributed by atoms with E-state index in [0.717, 1.165) is 19.6 Å². The Labute approximate surface area is 359 Å². The van der Waals surface area contributed by atoms with Crippen molar-refractivity contribution in [2.75, 3.05) is 26.2 Å². The molecule has 2 heteroatoms. The fourth-order valence-electron chi connectivity index (χ4n) is 25.2. The average molecular weight is 807 g/mol. The Morgan fingerprint density at radius 3 is 0.455 bits per heavy atom. The zero-order valence-corrected chi connectivity index (χ0v) is 33.9. The van der Waals surface area contributed by atoms with E-state index in [2.05, 4.69) is 4.90 Å². The van der Waals surface area contributed by atoms with Crippen LogP contribution in [0.25, 0.3) is 291 Å². The van der Waals surface area contributed by atoms with Crippen molar-refractivity contribution in [2.24, 2.45) is 5.73 Å². The van der Waals surface area contributed by atoms with E-state index in [9.17, 15) is 0 Å². The lowest BCUT2D eigenvalue weighted by Crippen LogP contribution is -2.51. The van der Waals surface area contributed by atoms with Crippen molar-refractivity contribution in [1.29, 1.82) is 0 Å². The predicted octanol–water partition coefficient (Wildman–Crippen LogP) is 15.6. The normalized spacial score (nSPS) is 23.6. The van der Waals surface area contributed by atoms with Crippen LogP contribution in [0.15, 0.2) is 0 Å². The molecular formula is C64H10N2. The summed E-state index contributed by atoms with van der Waals surface area (Å²) in [7, 11) is 0. The molecule has 28 aromatic rings. The van der Waals surface area contributed by atoms with Crippen molar-refractivity contribution in [3.05, 3.63) is 22.3 Å². The smallest absolute Gasteiger partial charge is 0.0505 e. The highest BCUT2D eigenvalue weighted by atomic mass is 15.2. The third-order valence-corrected chi connectivity index (χ3v) is 25.1. The van der Waals surface area contributed by atoms with Crippen LogP contribution in [0.1, 0.15) is 22.3 Å². The van der Waals surface area contributed by atoms with E-state index in [-0.39, 0.29) is 10.8 Å². The third kappa shape index (κ3) is 1.21. The molecule has 2 nitrogen and oxygen atoms in total. The molecular weight excluding hydrogens is 797 g/mol. The van der Waals surface area contributed by atoms with Gasteiger partial charge < -0.3 is 5.73 Å². The van der Waals surface area contributed by atoms with Crippen LogP contribution in [-0.2, 0) is 10.8 Å². The summed E-state index contributed by atoms with van der Waals surface area (Å²) in [6.07, 6.45) is 0. The first-order valence-electron chi connectivity index (χ1n) is 25.1. The highest BCUT2D eigenvalue weighted by Crippen LogP contribution is 2.85. The topological polar surface area (TPSA) is 29.3 Å². The molecule has 66 heavy (non-hydrogen) atoms. The van der Waals surface area contributed by atoms with Crippen LogP contribution in [0.4, 0.5) is 0 Å². The van der Waals surface area contributed by atoms with Gasteiger partial charge in [0.25, 0.3) is 0 Å². The lowest BCUT2D eigenvalue weighted by atomic mass is 9.50. The second-order valence-electron chi connectivity index (χ2n) is 25.1. The second kappa shape index (κ2) is 5.31. The Hall–Kier alpha value is -7.62. The van der Waals surface area contributed by atoms with E-state index >= 15 is 0 Å². The van der Waals surface area contributed by atoms with Gasteiger partial charge in [-0.1, -0.05) is 0 Å². The number of likely N-dealkylation sites (tertiary alicyclic amines) is 1. The minimum absolute atomic E-state index is 0.159. The van der Waals surface area contributed by atoms with Gasteiger partial charge in [-0.15, -0.1) is 0 Å². The van der Waals surface area contributed by atoms with E-state index in [4.69, 9.17) is 5.73 Å². The van der Waals surface area contributed by atoms with E-state index in [1.165, 1.54) is 0 Å². The first-order valence-corrected chi connectivity index (χ1v) is 25.1. The van der Waals surface area contributed by atoms with Gasteiger partial charge in [0.15, 0.2) is 0 Å². The lowest BCUT2D eigenvalue weighted by Gasteiger charge is -2.49. The van der Waals surface area contributed by atoms with Gasteiger partial charge >= 0.3 is 0 Å². The molecule has 1 aliphatic heterocycles. The molecule has 0 aromatic heterocycles. The molecule has 276 valence electrons. The maximum Gasteiger partial charge on any atom is 0.0505 e. The van der Waals surface area contributed by atoms with Gasteiger partial charge in [-0.25, -0.2) is 0 Å². The highest BCUT2D eigenvalue weighted by Gasteiger charge is 2.72. The van der Waals surface area contributed by atoms with E-state index in [1.807, 2.05) is 0 Å². The maximum atomic E-state index is 6.78. The Morgan fingerprint density at radius 1 is 0.212 bits per heavy atom. The number of benzene rings is 18. The van der Waals surface area contributed by atoms with Crippen molar-refractivity contribution < 1.29 is 0 Å². The average Bonchev–Trinajstić information content (AvgIpc) is 4.17. The summed E-state index contributed by atoms with van der Waals surface area (Å²) in [6.45, 7) is 3.84. The molecule has 0 atom stereocenters. The minimum atomic E-state index is -0.159. The van der Waals surface area contributed by atoms with Crippen LogP contribution < -0.4 is 5.73 Å². The Bertz CT molecular complexity index is 6430. The Balaban J connectivity index is 1.24. The fourth-order valence-corrected chi connectivity index (χ4v) is 25.2. The SMILES string of the molecule is NCCN1CC23c4c5c6c7c8c9c(c%10c%11c2c2c4c4c%12c5c5c6c6c8c8c%13c9c9c%10c%10c%11c%11c2c2c4c4c%12c%12c5c5c6c8c6c8c%13c9c9c%10c%10c%11c2c2c4c4c%12c5c6c5c8c9c%10c2c45)C73C1. The minimum Gasteiger partial charge on any atom is -0.329 e. The summed E-state index contributed by atoms with van der Waals surface area (Å²) < 4.78 is 0.